The molecule has 2 heterocycles. The molecule has 1 aliphatic heterocycles. The number of rotatable bonds is 9. The molecule has 126 valence electrons. The Labute approximate surface area is 137 Å². The highest BCUT2D eigenvalue weighted by Crippen LogP contribution is 2.24. The predicted molar refractivity (Wildman–Crippen MR) is 91.7 cm³/mol. The SMILES string of the molecule is CCCCN(C)S(=O)(=O)NCCc1csc(N2CCCC2)n1. The number of hydrogen-bond donors (Lipinski definition) is 1. The second kappa shape index (κ2) is 8.24. The highest BCUT2D eigenvalue weighted by Gasteiger charge is 2.17. The molecule has 1 aromatic rings. The first-order chi connectivity index (χ1) is 10.5. The van der Waals surface area contributed by atoms with Crippen molar-refractivity contribution in [2.24, 2.45) is 0 Å². The quantitative estimate of drug-likeness (QED) is 0.741. The molecule has 0 atom stereocenters. The van der Waals surface area contributed by atoms with Crippen LogP contribution in [0.25, 0.3) is 0 Å². The summed E-state index contributed by atoms with van der Waals surface area (Å²) in [5.41, 5.74) is 0.964. The van der Waals surface area contributed by atoms with Crippen molar-refractivity contribution in [3.63, 3.8) is 0 Å². The number of unbranched alkanes of at least 4 members (excludes halogenated alkanes) is 1. The number of nitrogens with zero attached hydrogens (tertiary/aromatic N) is 3. The van der Waals surface area contributed by atoms with Gasteiger partial charge in [-0.15, -0.1) is 11.3 Å². The van der Waals surface area contributed by atoms with Gasteiger partial charge in [-0.25, -0.2) is 9.71 Å². The number of hydrogen-bond acceptors (Lipinski definition) is 5. The first kappa shape index (κ1) is 17.7. The predicted octanol–water partition coefficient (Wildman–Crippen LogP) is 1.85. The molecule has 22 heavy (non-hydrogen) atoms. The Hall–Kier alpha value is -0.700. The van der Waals surface area contributed by atoms with Crippen molar-refractivity contribution < 1.29 is 8.42 Å². The molecule has 1 N–H and O–H groups in total. The Morgan fingerprint density at radius 3 is 2.82 bits per heavy atom. The van der Waals surface area contributed by atoms with Crippen LogP contribution in [0.2, 0.25) is 0 Å². The van der Waals surface area contributed by atoms with Gasteiger partial charge in [0.25, 0.3) is 10.2 Å². The zero-order valence-electron chi connectivity index (χ0n) is 13.4. The molecular formula is C14H26N4O2S2. The van der Waals surface area contributed by atoms with Gasteiger partial charge in [-0.3, -0.25) is 0 Å². The molecule has 0 bridgehead atoms. The van der Waals surface area contributed by atoms with Crippen molar-refractivity contribution in [1.29, 1.82) is 0 Å². The third-order valence-electron chi connectivity index (χ3n) is 3.82. The molecule has 0 amide bonds. The third kappa shape index (κ3) is 4.91. The average molecular weight is 347 g/mol. The van der Waals surface area contributed by atoms with Crippen LogP contribution in [0.4, 0.5) is 5.13 Å². The van der Waals surface area contributed by atoms with E-state index in [1.54, 1.807) is 18.4 Å². The van der Waals surface area contributed by atoms with Crippen LogP contribution in [-0.2, 0) is 16.6 Å². The molecule has 1 saturated heterocycles. The van der Waals surface area contributed by atoms with E-state index in [-0.39, 0.29) is 0 Å². The van der Waals surface area contributed by atoms with Gasteiger partial charge in [0.05, 0.1) is 5.69 Å². The highest BCUT2D eigenvalue weighted by atomic mass is 32.2. The largest absolute Gasteiger partial charge is 0.348 e. The second-order valence-electron chi connectivity index (χ2n) is 5.64. The maximum Gasteiger partial charge on any atom is 0.279 e. The van der Waals surface area contributed by atoms with Crippen LogP contribution >= 0.6 is 11.3 Å². The zero-order valence-corrected chi connectivity index (χ0v) is 15.0. The van der Waals surface area contributed by atoms with E-state index < -0.39 is 10.2 Å². The van der Waals surface area contributed by atoms with Gasteiger partial charge in [0, 0.05) is 45.0 Å². The Morgan fingerprint density at radius 2 is 2.14 bits per heavy atom. The fraction of sp³-hybridized carbons (Fsp3) is 0.786. The van der Waals surface area contributed by atoms with Crippen LogP contribution in [0, 0.1) is 0 Å². The van der Waals surface area contributed by atoms with Crippen molar-refractivity contribution in [2.45, 2.75) is 39.0 Å². The minimum atomic E-state index is -3.36. The van der Waals surface area contributed by atoms with Crippen LogP contribution in [-0.4, -0.2) is 50.9 Å². The summed E-state index contributed by atoms with van der Waals surface area (Å²) in [4.78, 5) is 6.90. The summed E-state index contributed by atoms with van der Waals surface area (Å²) in [5.74, 6) is 0. The summed E-state index contributed by atoms with van der Waals surface area (Å²) in [5, 5.41) is 3.10. The third-order valence-corrected chi connectivity index (χ3v) is 6.34. The summed E-state index contributed by atoms with van der Waals surface area (Å²) < 4.78 is 28.1. The Balaban J connectivity index is 1.78. The van der Waals surface area contributed by atoms with Gasteiger partial charge in [0.2, 0.25) is 0 Å². The lowest BCUT2D eigenvalue weighted by molar-refractivity contribution is 0.449. The lowest BCUT2D eigenvalue weighted by Crippen LogP contribution is -2.39. The Bertz CT molecular complexity index is 553. The van der Waals surface area contributed by atoms with Crippen LogP contribution in [0.3, 0.4) is 0 Å². The molecular weight excluding hydrogens is 320 g/mol. The van der Waals surface area contributed by atoms with Gasteiger partial charge < -0.3 is 4.90 Å². The van der Waals surface area contributed by atoms with E-state index in [1.165, 1.54) is 17.1 Å². The monoisotopic (exact) mass is 346 g/mol. The smallest absolute Gasteiger partial charge is 0.279 e. The normalized spacial score (nSPS) is 15.9. The van der Waals surface area contributed by atoms with E-state index in [2.05, 4.69) is 14.6 Å². The van der Waals surface area contributed by atoms with Gasteiger partial charge in [-0.05, 0) is 19.3 Å². The molecule has 0 radical (unpaired) electrons. The number of aromatic nitrogens is 1. The van der Waals surface area contributed by atoms with E-state index in [1.807, 2.05) is 12.3 Å². The van der Waals surface area contributed by atoms with Gasteiger partial charge in [-0.2, -0.15) is 12.7 Å². The number of thiazole rings is 1. The average Bonchev–Trinajstić information content (AvgIpc) is 3.15. The summed E-state index contributed by atoms with van der Waals surface area (Å²) in [6.07, 6.45) is 4.96. The standard InChI is InChI=1S/C14H26N4O2S2/c1-3-4-9-17(2)22(19,20)15-8-7-13-12-21-14(16-13)18-10-5-6-11-18/h12,15H,3-11H2,1-2H3. The molecule has 1 fully saturated rings. The molecule has 0 aromatic carbocycles. The Morgan fingerprint density at radius 1 is 1.41 bits per heavy atom. The summed E-state index contributed by atoms with van der Waals surface area (Å²) >= 11 is 1.65. The van der Waals surface area contributed by atoms with Gasteiger partial charge in [0.1, 0.15) is 0 Å². The van der Waals surface area contributed by atoms with E-state index in [4.69, 9.17) is 0 Å². The maximum absolute atomic E-state index is 12.0. The topological polar surface area (TPSA) is 65.5 Å². The number of anilines is 1. The van der Waals surface area contributed by atoms with Crippen LogP contribution < -0.4 is 9.62 Å². The zero-order chi connectivity index (χ0) is 16.0. The second-order valence-corrected chi connectivity index (χ2v) is 8.34. The first-order valence-electron chi connectivity index (χ1n) is 7.93. The number of nitrogens with one attached hydrogen (secondary N) is 1. The van der Waals surface area contributed by atoms with Gasteiger partial charge in [0.15, 0.2) is 5.13 Å². The molecule has 1 aliphatic rings. The fourth-order valence-corrected chi connectivity index (χ4v) is 4.25. The minimum absolute atomic E-state index is 0.391. The van der Waals surface area contributed by atoms with Crippen molar-refractivity contribution in [3.05, 3.63) is 11.1 Å². The molecule has 1 aromatic heterocycles. The van der Waals surface area contributed by atoms with Crippen molar-refractivity contribution in [1.82, 2.24) is 14.0 Å². The summed E-state index contributed by atoms with van der Waals surface area (Å²) in [6.45, 7) is 5.17. The maximum atomic E-state index is 12.0. The van der Waals surface area contributed by atoms with Gasteiger partial charge >= 0.3 is 0 Å². The van der Waals surface area contributed by atoms with Crippen LogP contribution in [0.15, 0.2) is 5.38 Å². The van der Waals surface area contributed by atoms with Crippen molar-refractivity contribution >= 4 is 26.7 Å². The molecule has 0 aliphatic carbocycles. The van der Waals surface area contributed by atoms with Crippen molar-refractivity contribution in [3.8, 4) is 0 Å². The van der Waals surface area contributed by atoms with Crippen LogP contribution in [0.5, 0.6) is 0 Å². The van der Waals surface area contributed by atoms with E-state index in [0.717, 1.165) is 36.8 Å². The molecule has 8 heteroatoms. The van der Waals surface area contributed by atoms with Crippen LogP contribution in [0.1, 0.15) is 38.3 Å². The summed E-state index contributed by atoms with van der Waals surface area (Å²) in [7, 11) is -1.75. The van der Waals surface area contributed by atoms with E-state index in [9.17, 15) is 8.42 Å². The molecule has 0 unspecified atom stereocenters. The molecule has 6 nitrogen and oxygen atoms in total. The lowest BCUT2D eigenvalue weighted by Gasteiger charge is -2.17. The summed E-state index contributed by atoms with van der Waals surface area (Å²) in [6, 6.07) is 0. The van der Waals surface area contributed by atoms with Crippen molar-refractivity contribution in [2.75, 3.05) is 38.1 Å². The van der Waals surface area contributed by atoms with E-state index >= 15 is 0 Å². The molecule has 2 rings (SSSR count). The Kier molecular flexibility index (Phi) is 6.61. The van der Waals surface area contributed by atoms with Gasteiger partial charge in [-0.1, -0.05) is 13.3 Å². The highest BCUT2D eigenvalue weighted by molar-refractivity contribution is 7.87. The molecule has 0 spiro atoms. The lowest BCUT2D eigenvalue weighted by atomic mass is 10.3. The van der Waals surface area contributed by atoms with E-state index in [0.29, 0.717) is 19.5 Å². The minimum Gasteiger partial charge on any atom is -0.348 e. The molecule has 0 saturated carbocycles. The first-order valence-corrected chi connectivity index (χ1v) is 10.2. The fourth-order valence-electron chi connectivity index (χ4n) is 2.38.